The van der Waals surface area contributed by atoms with Crippen LogP contribution < -0.4 is 4.90 Å². The quantitative estimate of drug-likeness (QED) is 0.551. The second-order valence-corrected chi connectivity index (χ2v) is 5.71. The van der Waals surface area contributed by atoms with Crippen LogP contribution in [0.4, 0.5) is 16.2 Å². The molecule has 0 atom stereocenters. The molecule has 0 aliphatic rings. The summed E-state index contributed by atoms with van der Waals surface area (Å²) in [4.78, 5) is 14.3. The normalized spacial score (nSPS) is 10.2. The van der Waals surface area contributed by atoms with Gasteiger partial charge in [0.25, 0.3) is 0 Å². The predicted molar refractivity (Wildman–Crippen MR) is 101 cm³/mol. The van der Waals surface area contributed by atoms with Crippen LogP contribution in [0.1, 0.15) is 12.0 Å². The molecule has 3 nitrogen and oxygen atoms in total. The van der Waals surface area contributed by atoms with Crippen LogP contribution in [0.25, 0.3) is 0 Å². The molecule has 0 saturated heterocycles. The van der Waals surface area contributed by atoms with Crippen LogP contribution in [-0.4, -0.2) is 12.7 Å². The summed E-state index contributed by atoms with van der Waals surface area (Å²) in [6.07, 6.45) is 1.34. The molecule has 0 aliphatic heterocycles. The number of rotatable bonds is 6. The van der Waals surface area contributed by atoms with Crippen LogP contribution in [0.3, 0.4) is 0 Å². The monoisotopic (exact) mass is 331 g/mol. The maximum Gasteiger partial charge on any atom is 0.418 e. The number of carbonyl (C=O) groups excluding carboxylic acids is 1. The molecule has 0 aliphatic carbocycles. The van der Waals surface area contributed by atoms with E-state index < -0.39 is 0 Å². The van der Waals surface area contributed by atoms with Crippen molar-refractivity contribution in [1.82, 2.24) is 0 Å². The average molecular weight is 331 g/mol. The first-order valence-electron chi connectivity index (χ1n) is 8.45. The number of nitrogens with zero attached hydrogens (tertiary/aromatic N) is 1. The molecule has 0 N–H and O–H groups in total. The summed E-state index contributed by atoms with van der Waals surface area (Å²) < 4.78 is 5.52. The van der Waals surface area contributed by atoms with Crippen molar-refractivity contribution >= 4 is 17.5 Å². The molecule has 0 aromatic heterocycles. The highest BCUT2D eigenvalue weighted by Crippen LogP contribution is 2.25. The van der Waals surface area contributed by atoms with E-state index in [-0.39, 0.29) is 6.09 Å². The number of para-hydroxylation sites is 2. The van der Waals surface area contributed by atoms with Gasteiger partial charge in [-0.05, 0) is 42.7 Å². The Hall–Kier alpha value is -3.07. The highest BCUT2D eigenvalue weighted by molar-refractivity contribution is 5.95. The lowest BCUT2D eigenvalue weighted by atomic mass is 10.1. The number of hydrogen-bond acceptors (Lipinski definition) is 2. The molecule has 0 bridgehead atoms. The smallest absolute Gasteiger partial charge is 0.418 e. The third kappa shape index (κ3) is 4.70. The van der Waals surface area contributed by atoms with Crippen molar-refractivity contribution < 1.29 is 9.53 Å². The fraction of sp³-hybridized carbons (Fsp3) is 0.136. The summed E-state index contributed by atoms with van der Waals surface area (Å²) in [5.74, 6) is 0. The van der Waals surface area contributed by atoms with Crippen LogP contribution in [0.15, 0.2) is 91.0 Å². The van der Waals surface area contributed by atoms with Crippen molar-refractivity contribution in [3.63, 3.8) is 0 Å². The number of ether oxygens (including phenoxy) is 1. The molecular weight excluding hydrogens is 310 g/mol. The molecule has 25 heavy (non-hydrogen) atoms. The molecule has 3 aromatic carbocycles. The van der Waals surface area contributed by atoms with E-state index in [0.717, 1.165) is 24.2 Å². The maximum atomic E-state index is 12.7. The molecule has 1 amide bonds. The number of hydrogen-bond donors (Lipinski definition) is 0. The first-order valence-corrected chi connectivity index (χ1v) is 8.45. The summed E-state index contributed by atoms with van der Waals surface area (Å²) in [6.45, 7) is 0.393. The highest BCUT2D eigenvalue weighted by Gasteiger charge is 2.18. The largest absolute Gasteiger partial charge is 0.449 e. The first-order chi connectivity index (χ1) is 12.3. The SMILES string of the molecule is O=C(OCCCc1ccccc1)N(c1ccccc1)c1ccccc1. The summed E-state index contributed by atoms with van der Waals surface area (Å²) in [6, 6.07) is 29.3. The van der Waals surface area contributed by atoms with Gasteiger partial charge in [-0.25, -0.2) is 9.69 Å². The molecule has 3 rings (SSSR count). The van der Waals surface area contributed by atoms with Gasteiger partial charge in [0.2, 0.25) is 0 Å². The van der Waals surface area contributed by atoms with Crippen molar-refractivity contribution in [2.24, 2.45) is 0 Å². The topological polar surface area (TPSA) is 29.5 Å². The number of carbonyl (C=O) groups is 1. The highest BCUT2D eigenvalue weighted by atomic mass is 16.6. The summed E-state index contributed by atoms with van der Waals surface area (Å²) in [5.41, 5.74) is 2.84. The van der Waals surface area contributed by atoms with Gasteiger partial charge in [0, 0.05) is 0 Å². The fourth-order valence-electron chi connectivity index (χ4n) is 2.66. The van der Waals surface area contributed by atoms with Gasteiger partial charge in [-0.3, -0.25) is 0 Å². The molecule has 0 spiro atoms. The molecule has 0 unspecified atom stereocenters. The Labute approximate surface area is 148 Å². The molecule has 3 heteroatoms. The zero-order chi connectivity index (χ0) is 17.3. The van der Waals surface area contributed by atoms with E-state index in [0.29, 0.717) is 6.61 Å². The summed E-state index contributed by atoms with van der Waals surface area (Å²) in [7, 11) is 0. The first kappa shape index (κ1) is 16.8. The molecule has 0 heterocycles. The van der Waals surface area contributed by atoms with Crippen molar-refractivity contribution in [3.05, 3.63) is 96.6 Å². The number of benzene rings is 3. The van der Waals surface area contributed by atoms with Crippen LogP contribution >= 0.6 is 0 Å². The Morgan fingerprint density at radius 3 is 1.72 bits per heavy atom. The van der Waals surface area contributed by atoms with Crippen LogP contribution in [0.2, 0.25) is 0 Å². The minimum atomic E-state index is -0.356. The standard InChI is InChI=1S/C22H21NO2/c24-22(25-18-10-13-19-11-4-1-5-12-19)23(20-14-6-2-7-15-20)21-16-8-3-9-17-21/h1-9,11-12,14-17H,10,13,18H2. The maximum absolute atomic E-state index is 12.7. The number of amides is 1. The summed E-state index contributed by atoms with van der Waals surface area (Å²) in [5, 5.41) is 0. The Morgan fingerprint density at radius 1 is 0.720 bits per heavy atom. The minimum absolute atomic E-state index is 0.356. The van der Waals surface area contributed by atoms with Gasteiger partial charge in [0.1, 0.15) is 0 Å². The predicted octanol–water partition coefficient (Wildman–Crippen LogP) is 5.59. The molecule has 126 valence electrons. The van der Waals surface area contributed by atoms with Crippen molar-refractivity contribution in [1.29, 1.82) is 0 Å². The van der Waals surface area contributed by atoms with Crippen molar-refractivity contribution in [3.8, 4) is 0 Å². The zero-order valence-corrected chi connectivity index (χ0v) is 14.0. The third-order valence-corrected chi connectivity index (χ3v) is 3.89. The average Bonchev–Trinajstić information content (AvgIpc) is 2.68. The minimum Gasteiger partial charge on any atom is -0.449 e. The Bertz CT molecular complexity index is 733. The van der Waals surface area contributed by atoms with Crippen LogP contribution in [0.5, 0.6) is 0 Å². The van der Waals surface area contributed by atoms with E-state index in [9.17, 15) is 4.79 Å². The van der Waals surface area contributed by atoms with Gasteiger partial charge in [-0.2, -0.15) is 0 Å². The van der Waals surface area contributed by atoms with E-state index in [1.807, 2.05) is 78.9 Å². The molecular formula is C22H21NO2. The lowest BCUT2D eigenvalue weighted by molar-refractivity contribution is 0.155. The van der Waals surface area contributed by atoms with Crippen molar-refractivity contribution in [2.75, 3.05) is 11.5 Å². The van der Waals surface area contributed by atoms with Gasteiger partial charge in [-0.1, -0.05) is 66.7 Å². The zero-order valence-electron chi connectivity index (χ0n) is 14.0. The van der Waals surface area contributed by atoms with Crippen molar-refractivity contribution in [2.45, 2.75) is 12.8 Å². The van der Waals surface area contributed by atoms with E-state index in [4.69, 9.17) is 4.74 Å². The van der Waals surface area contributed by atoms with Crippen LogP contribution in [0, 0.1) is 0 Å². The van der Waals surface area contributed by atoms with Crippen LogP contribution in [-0.2, 0) is 11.2 Å². The number of anilines is 2. The second kappa shape index (κ2) is 8.69. The fourth-order valence-corrected chi connectivity index (χ4v) is 2.66. The Balaban J connectivity index is 1.64. The van der Waals surface area contributed by atoms with Gasteiger partial charge in [0.05, 0.1) is 18.0 Å². The Kier molecular flexibility index (Phi) is 5.83. The van der Waals surface area contributed by atoms with E-state index >= 15 is 0 Å². The Morgan fingerprint density at radius 2 is 1.20 bits per heavy atom. The van der Waals surface area contributed by atoms with Gasteiger partial charge in [-0.15, -0.1) is 0 Å². The lowest BCUT2D eigenvalue weighted by Gasteiger charge is -2.22. The van der Waals surface area contributed by atoms with Gasteiger partial charge < -0.3 is 4.74 Å². The van der Waals surface area contributed by atoms with Gasteiger partial charge in [0.15, 0.2) is 0 Å². The van der Waals surface area contributed by atoms with E-state index in [1.165, 1.54) is 5.56 Å². The second-order valence-electron chi connectivity index (χ2n) is 5.71. The molecule has 0 radical (unpaired) electrons. The van der Waals surface area contributed by atoms with Gasteiger partial charge >= 0.3 is 6.09 Å². The molecule has 0 saturated carbocycles. The van der Waals surface area contributed by atoms with E-state index in [2.05, 4.69) is 12.1 Å². The third-order valence-electron chi connectivity index (χ3n) is 3.89. The van der Waals surface area contributed by atoms with E-state index in [1.54, 1.807) is 4.90 Å². The molecule has 3 aromatic rings. The molecule has 0 fully saturated rings. The summed E-state index contributed by atoms with van der Waals surface area (Å²) >= 11 is 0. The number of aryl methyl sites for hydroxylation is 1. The lowest BCUT2D eigenvalue weighted by Crippen LogP contribution is -2.27.